The number of rotatable bonds is 4. The van der Waals surface area contributed by atoms with Gasteiger partial charge in [-0.05, 0) is 49.9 Å². The van der Waals surface area contributed by atoms with E-state index in [2.05, 4.69) is 10.2 Å². The highest BCUT2D eigenvalue weighted by Gasteiger charge is 2.41. The van der Waals surface area contributed by atoms with Gasteiger partial charge in [-0.3, -0.25) is 9.69 Å². The Morgan fingerprint density at radius 1 is 1.03 bits per heavy atom. The summed E-state index contributed by atoms with van der Waals surface area (Å²) in [7, 11) is 0. The topological polar surface area (TPSA) is 32.3 Å². The summed E-state index contributed by atoms with van der Waals surface area (Å²) >= 11 is 6.00. The Kier molecular flexibility index (Phi) is 7.55. The summed E-state index contributed by atoms with van der Waals surface area (Å²) in [5.74, 6) is -0.583. The van der Waals surface area contributed by atoms with E-state index in [0.29, 0.717) is 6.04 Å². The Hall–Kier alpha value is -1.76. The molecule has 2 aliphatic heterocycles. The second-order valence-corrected chi connectivity index (χ2v) is 8.44. The van der Waals surface area contributed by atoms with Gasteiger partial charge < -0.3 is 5.32 Å². The predicted molar refractivity (Wildman–Crippen MR) is 118 cm³/mol. The number of halogens is 5. The first-order chi connectivity index (χ1) is 14.4. The predicted octanol–water partition coefficient (Wildman–Crippen LogP) is 6.27. The van der Waals surface area contributed by atoms with E-state index in [9.17, 15) is 18.0 Å². The number of amides is 1. The number of hydrogen-bond acceptors (Lipinski definition) is 2. The number of carbonyl (C=O) groups is 1. The molecular formula is C23H25Cl2F3N2O. The summed E-state index contributed by atoms with van der Waals surface area (Å²) in [5.41, 5.74) is -0.198. The van der Waals surface area contributed by atoms with Gasteiger partial charge in [0.05, 0.1) is 22.2 Å². The van der Waals surface area contributed by atoms with E-state index in [1.807, 2.05) is 30.3 Å². The standard InChI is InChI=1S/C23H24ClF3N2O.ClH/c24-20-17(10-6-11-18(20)23(25,26)27)22(30)28-21(15-7-2-1-3-8-15)19-13-12-16-9-4-5-14-29(16)19;/h1-3,6-8,10-11,16,19,21H,4-5,9,12-14H2,(H,28,30);1H/t16-,19+,21?;/m1./s1. The molecule has 0 aliphatic carbocycles. The van der Waals surface area contributed by atoms with Crippen LogP contribution in [0.15, 0.2) is 48.5 Å². The van der Waals surface area contributed by atoms with Crippen molar-refractivity contribution in [3.63, 3.8) is 0 Å². The monoisotopic (exact) mass is 472 g/mol. The summed E-state index contributed by atoms with van der Waals surface area (Å²) in [4.78, 5) is 15.5. The minimum atomic E-state index is -4.61. The molecule has 0 saturated carbocycles. The molecule has 0 radical (unpaired) electrons. The first-order valence-corrected chi connectivity index (χ1v) is 10.7. The Morgan fingerprint density at radius 3 is 2.48 bits per heavy atom. The molecule has 0 bridgehead atoms. The van der Waals surface area contributed by atoms with Gasteiger partial charge in [-0.15, -0.1) is 12.4 Å². The quantitative estimate of drug-likeness (QED) is 0.568. The summed E-state index contributed by atoms with van der Waals surface area (Å²) in [5, 5.41) is 2.45. The van der Waals surface area contributed by atoms with Crippen LogP contribution in [-0.4, -0.2) is 29.4 Å². The molecule has 31 heavy (non-hydrogen) atoms. The lowest BCUT2D eigenvalue weighted by Crippen LogP contribution is -2.47. The molecule has 1 amide bonds. The smallest absolute Gasteiger partial charge is 0.344 e. The molecule has 1 N–H and O–H groups in total. The fraction of sp³-hybridized carbons (Fsp3) is 0.435. The Morgan fingerprint density at radius 2 is 1.77 bits per heavy atom. The van der Waals surface area contributed by atoms with E-state index in [0.717, 1.165) is 43.9 Å². The maximum atomic E-state index is 13.2. The van der Waals surface area contributed by atoms with Gasteiger partial charge in [0, 0.05) is 12.1 Å². The zero-order chi connectivity index (χ0) is 21.3. The van der Waals surface area contributed by atoms with Crippen LogP contribution in [0.4, 0.5) is 13.2 Å². The highest BCUT2D eigenvalue weighted by atomic mass is 35.5. The number of carbonyl (C=O) groups excluding carboxylic acids is 1. The van der Waals surface area contributed by atoms with E-state index in [1.165, 1.54) is 18.6 Å². The van der Waals surface area contributed by atoms with Crippen LogP contribution in [0.25, 0.3) is 0 Å². The average molecular weight is 473 g/mol. The summed E-state index contributed by atoms with van der Waals surface area (Å²) in [6.07, 6.45) is 0.914. The third-order valence-corrected chi connectivity index (χ3v) is 6.68. The third kappa shape index (κ3) is 5.02. The highest BCUT2D eigenvalue weighted by molar-refractivity contribution is 6.34. The largest absolute Gasteiger partial charge is 0.417 e. The van der Waals surface area contributed by atoms with Crippen molar-refractivity contribution in [3.05, 3.63) is 70.2 Å². The lowest BCUT2D eigenvalue weighted by molar-refractivity contribution is -0.137. The maximum absolute atomic E-state index is 13.2. The molecule has 3 atom stereocenters. The fourth-order valence-corrected chi connectivity index (χ4v) is 5.18. The van der Waals surface area contributed by atoms with Crippen molar-refractivity contribution in [1.29, 1.82) is 0 Å². The van der Waals surface area contributed by atoms with Crippen molar-refractivity contribution in [2.45, 2.75) is 56.4 Å². The minimum absolute atomic E-state index is 0. The van der Waals surface area contributed by atoms with Crippen molar-refractivity contribution in [3.8, 4) is 0 Å². The number of alkyl halides is 3. The van der Waals surface area contributed by atoms with E-state index in [4.69, 9.17) is 11.6 Å². The number of fused-ring (bicyclic) bond motifs is 1. The molecule has 168 valence electrons. The van der Waals surface area contributed by atoms with Crippen LogP contribution in [-0.2, 0) is 6.18 Å². The van der Waals surface area contributed by atoms with Crippen molar-refractivity contribution in [1.82, 2.24) is 10.2 Å². The molecule has 2 fully saturated rings. The molecule has 8 heteroatoms. The number of benzene rings is 2. The van der Waals surface area contributed by atoms with Gasteiger partial charge in [-0.2, -0.15) is 13.2 Å². The van der Waals surface area contributed by atoms with E-state index in [-0.39, 0.29) is 30.1 Å². The van der Waals surface area contributed by atoms with Gasteiger partial charge in [0.25, 0.3) is 5.91 Å². The lowest BCUT2D eigenvalue weighted by Gasteiger charge is -2.38. The lowest BCUT2D eigenvalue weighted by atomic mass is 9.96. The van der Waals surface area contributed by atoms with Crippen molar-refractivity contribution >= 4 is 29.9 Å². The van der Waals surface area contributed by atoms with Crippen LogP contribution in [0.3, 0.4) is 0 Å². The molecule has 0 spiro atoms. The van der Waals surface area contributed by atoms with E-state index >= 15 is 0 Å². The Balaban J connectivity index is 0.00000272. The molecule has 4 rings (SSSR count). The highest BCUT2D eigenvalue weighted by Crippen LogP contribution is 2.39. The first kappa shape index (κ1) is 23.9. The van der Waals surface area contributed by atoms with Crippen LogP contribution < -0.4 is 5.32 Å². The SMILES string of the molecule is Cl.O=C(NC(c1ccccc1)[C@@H]1CC[C@H]2CCCCN21)c1cccc(C(F)(F)F)c1Cl. The molecule has 2 saturated heterocycles. The van der Waals surface area contributed by atoms with Gasteiger partial charge in [0.2, 0.25) is 0 Å². The first-order valence-electron chi connectivity index (χ1n) is 10.3. The van der Waals surface area contributed by atoms with Gasteiger partial charge in [-0.1, -0.05) is 54.4 Å². The third-order valence-electron chi connectivity index (χ3n) is 6.27. The zero-order valence-electron chi connectivity index (χ0n) is 16.9. The van der Waals surface area contributed by atoms with Crippen LogP contribution in [0.1, 0.15) is 59.6 Å². The van der Waals surface area contributed by atoms with Crippen LogP contribution in [0, 0.1) is 0 Å². The van der Waals surface area contributed by atoms with E-state index in [1.54, 1.807) is 0 Å². The summed E-state index contributed by atoms with van der Waals surface area (Å²) < 4.78 is 39.7. The van der Waals surface area contributed by atoms with Crippen LogP contribution in [0.2, 0.25) is 5.02 Å². The molecule has 2 heterocycles. The van der Waals surface area contributed by atoms with Gasteiger partial charge in [-0.25, -0.2) is 0 Å². The van der Waals surface area contributed by atoms with Crippen molar-refractivity contribution in [2.75, 3.05) is 6.54 Å². The summed E-state index contributed by atoms with van der Waals surface area (Å²) in [6.45, 7) is 0.985. The number of nitrogens with one attached hydrogen (secondary N) is 1. The average Bonchev–Trinajstić information content (AvgIpc) is 3.15. The number of hydrogen-bond donors (Lipinski definition) is 1. The Bertz CT molecular complexity index is 907. The van der Waals surface area contributed by atoms with Crippen LogP contribution in [0.5, 0.6) is 0 Å². The summed E-state index contributed by atoms with van der Waals surface area (Å²) in [6, 6.07) is 13.4. The Labute approximate surface area is 191 Å². The van der Waals surface area contributed by atoms with Gasteiger partial charge >= 0.3 is 6.18 Å². The molecule has 1 unspecified atom stereocenters. The molecule has 0 aromatic heterocycles. The van der Waals surface area contributed by atoms with Crippen LogP contribution >= 0.6 is 24.0 Å². The molecular weight excluding hydrogens is 448 g/mol. The number of nitrogens with zero attached hydrogens (tertiary/aromatic N) is 1. The molecule has 2 aromatic rings. The fourth-order valence-electron chi connectivity index (χ4n) is 4.86. The molecule has 2 aliphatic rings. The zero-order valence-corrected chi connectivity index (χ0v) is 18.4. The molecule has 2 aromatic carbocycles. The normalized spacial score (nSPS) is 22.3. The van der Waals surface area contributed by atoms with Crippen molar-refractivity contribution < 1.29 is 18.0 Å². The van der Waals surface area contributed by atoms with E-state index < -0.39 is 22.7 Å². The maximum Gasteiger partial charge on any atom is 0.417 e. The second-order valence-electron chi connectivity index (χ2n) is 8.06. The minimum Gasteiger partial charge on any atom is -0.344 e. The van der Waals surface area contributed by atoms with Crippen molar-refractivity contribution in [2.24, 2.45) is 0 Å². The number of piperidine rings is 1. The molecule has 3 nitrogen and oxygen atoms in total. The van der Waals surface area contributed by atoms with Gasteiger partial charge in [0.15, 0.2) is 0 Å². The van der Waals surface area contributed by atoms with Gasteiger partial charge in [0.1, 0.15) is 0 Å². The second kappa shape index (κ2) is 9.80.